The van der Waals surface area contributed by atoms with Crippen LogP contribution in [0.2, 0.25) is 0 Å². The van der Waals surface area contributed by atoms with E-state index in [9.17, 15) is 18.0 Å². The molecule has 7 heteroatoms. The number of nitrogens with zero attached hydrogens (tertiary/aromatic N) is 1. The molecule has 1 atom stereocenters. The Labute approximate surface area is 158 Å². The second-order valence-corrected chi connectivity index (χ2v) is 7.56. The van der Waals surface area contributed by atoms with Crippen molar-refractivity contribution in [2.45, 2.75) is 25.9 Å². The number of hydrogen-bond acceptors (Lipinski definition) is 3. The molecule has 0 saturated heterocycles. The second kappa shape index (κ2) is 10.8. The Hall–Kier alpha value is -0.960. The Morgan fingerprint density at radius 2 is 2.08 bits per heavy atom. The van der Waals surface area contributed by atoms with E-state index in [2.05, 4.69) is 0 Å². The Morgan fingerprint density at radius 3 is 2.71 bits per heavy atom. The lowest BCUT2D eigenvalue weighted by molar-refractivity contribution is -0.161. The molecule has 132 valence electrons. The van der Waals surface area contributed by atoms with E-state index in [1.54, 1.807) is 2.52 Å². The number of allylic oxidation sites excluding steroid dienone is 8. The normalized spacial score (nSPS) is 19.1. The Kier molecular flexibility index (Phi) is 9.50. The summed E-state index contributed by atoms with van der Waals surface area (Å²) in [7, 11) is 0. The van der Waals surface area contributed by atoms with Crippen LogP contribution in [0.4, 0.5) is 13.2 Å². The molecule has 0 heterocycles. The van der Waals surface area contributed by atoms with Crippen LogP contribution >= 0.6 is 34.8 Å². The highest BCUT2D eigenvalue weighted by molar-refractivity contribution is 14.1. The highest BCUT2D eigenvalue weighted by Gasteiger charge is 2.40. The summed E-state index contributed by atoms with van der Waals surface area (Å²) in [5, 5.41) is 0. The molecule has 0 N–H and O–H groups in total. The van der Waals surface area contributed by atoms with Gasteiger partial charge in [-0.3, -0.25) is 7.31 Å². The highest BCUT2D eigenvalue weighted by Crippen LogP contribution is 2.38. The number of rotatable bonds is 8. The first-order chi connectivity index (χ1) is 11.4. The lowest BCUT2D eigenvalue weighted by Crippen LogP contribution is -2.25. The average molecular weight is 469 g/mol. The summed E-state index contributed by atoms with van der Waals surface area (Å²) in [5.74, 6) is -0.971. The van der Waals surface area contributed by atoms with Crippen molar-refractivity contribution in [3.63, 3.8) is 0 Å². The van der Waals surface area contributed by atoms with Crippen molar-refractivity contribution >= 4 is 41.1 Å². The molecule has 1 aliphatic rings. The van der Waals surface area contributed by atoms with E-state index in [0.29, 0.717) is 17.7 Å². The zero-order valence-electron chi connectivity index (χ0n) is 13.2. The Bertz CT molecular complexity index is 565. The van der Waals surface area contributed by atoms with Crippen molar-refractivity contribution in [1.29, 1.82) is 0 Å². The zero-order chi connectivity index (χ0) is 18.0. The van der Waals surface area contributed by atoms with Crippen molar-refractivity contribution in [3.8, 4) is 0 Å². The SMILES string of the molecule is C/C=C\C=C/C/C=C/CSN(I)C1=CC(C(F)(F)F)CC(C=O)=C1. The van der Waals surface area contributed by atoms with Gasteiger partial charge in [-0.2, -0.15) is 13.2 Å². The molecule has 1 unspecified atom stereocenters. The molecule has 0 aliphatic heterocycles. The minimum absolute atomic E-state index is 0.168. The van der Waals surface area contributed by atoms with Gasteiger partial charge in [0.05, 0.1) is 34.5 Å². The maximum Gasteiger partial charge on any atom is 0.395 e. The molecular formula is C17H19F3INOS. The van der Waals surface area contributed by atoms with Gasteiger partial charge in [0.15, 0.2) is 0 Å². The summed E-state index contributed by atoms with van der Waals surface area (Å²) in [6, 6.07) is 0. The van der Waals surface area contributed by atoms with Gasteiger partial charge < -0.3 is 0 Å². The number of halogens is 4. The molecule has 0 bridgehead atoms. The van der Waals surface area contributed by atoms with Gasteiger partial charge in [0.25, 0.3) is 0 Å². The van der Waals surface area contributed by atoms with E-state index >= 15 is 0 Å². The predicted molar refractivity (Wildman–Crippen MR) is 102 cm³/mol. The summed E-state index contributed by atoms with van der Waals surface area (Å²) >= 11 is 3.32. The van der Waals surface area contributed by atoms with Crippen LogP contribution in [0.1, 0.15) is 19.8 Å². The largest absolute Gasteiger partial charge is 0.395 e. The van der Waals surface area contributed by atoms with E-state index in [1.165, 1.54) is 24.1 Å². The summed E-state index contributed by atoms with van der Waals surface area (Å²) in [6.45, 7) is 1.94. The zero-order valence-corrected chi connectivity index (χ0v) is 16.1. The van der Waals surface area contributed by atoms with Crippen LogP contribution in [0, 0.1) is 5.92 Å². The van der Waals surface area contributed by atoms with Crippen LogP contribution in [0.3, 0.4) is 0 Å². The molecule has 0 aromatic rings. The minimum Gasteiger partial charge on any atom is -0.298 e. The highest BCUT2D eigenvalue weighted by atomic mass is 127. The van der Waals surface area contributed by atoms with Crippen molar-refractivity contribution in [3.05, 3.63) is 59.9 Å². The third-order valence-electron chi connectivity index (χ3n) is 3.10. The molecular weight excluding hydrogens is 450 g/mol. The van der Waals surface area contributed by atoms with Gasteiger partial charge in [-0.1, -0.05) is 36.5 Å². The van der Waals surface area contributed by atoms with Gasteiger partial charge >= 0.3 is 6.18 Å². The molecule has 0 aromatic carbocycles. The van der Waals surface area contributed by atoms with Crippen molar-refractivity contribution in [1.82, 2.24) is 2.52 Å². The molecule has 0 amide bonds. The van der Waals surface area contributed by atoms with E-state index in [0.717, 1.165) is 6.42 Å². The first kappa shape index (κ1) is 21.1. The van der Waals surface area contributed by atoms with Gasteiger partial charge in [0, 0.05) is 5.75 Å². The number of alkyl halides is 3. The second-order valence-electron chi connectivity index (χ2n) is 4.98. The molecule has 24 heavy (non-hydrogen) atoms. The molecule has 0 fully saturated rings. The van der Waals surface area contributed by atoms with Crippen LogP contribution in [0.15, 0.2) is 59.9 Å². The summed E-state index contributed by atoms with van der Waals surface area (Å²) in [6.07, 6.45) is 11.2. The smallest absolute Gasteiger partial charge is 0.298 e. The first-order valence-electron chi connectivity index (χ1n) is 7.34. The van der Waals surface area contributed by atoms with E-state index < -0.39 is 12.1 Å². The molecule has 2 nitrogen and oxygen atoms in total. The molecule has 1 aliphatic carbocycles. The van der Waals surface area contributed by atoms with Crippen LogP contribution in [-0.4, -0.2) is 20.7 Å². The van der Waals surface area contributed by atoms with Gasteiger partial charge in [-0.15, -0.1) is 0 Å². The van der Waals surface area contributed by atoms with Gasteiger partial charge in [-0.05, 0) is 49.4 Å². The number of hydrogen-bond donors (Lipinski definition) is 0. The third-order valence-corrected chi connectivity index (χ3v) is 5.27. The van der Waals surface area contributed by atoms with E-state index in [-0.39, 0.29) is 12.0 Å². The number of carbonyl (C=O) groups excluding carboxylic acids is 1. The molecule has 1 rings (SSSR count). The van der Waals surface area contributed by atoms with Crippen LogP contribution in [-0.2, 0) is 4.79 Å². The number of carbonyl (C=O) groups is 1. The van der Waals surface area contributed by atoms with Crippen molar-refractivity contribution in [2.75, 3.05) is 5.75 Å². The predicted octanol–water partition coefficient (Wildman–Crippen LogP) is 5.96. The lowest BCUT2D eigenvalue weighted by atomic mass is 9.93. The quantitative estimate of drug-likeness (QED) is 0.109. The summed E-state index contributed by atoms with van der Waals surface area (Å²) in [5.41, 5.74) is 0.569. The maximum absolute atomic E-state index is 12.9. The summed E-state index contributed by atoms with van der Waals surface area (Å²) in [4.78, 5) is 10.9. The fourth-order valence-corrected chi connectivity index (χ4v) is 3.31. The summed E-state index contributed by atoms with van der Waals surface area (Å²) < 4.78 is 40.4. The van der Waals surface area contributed by atoms with Gasteiger partial charge in [0.2, 0.25) is 0 Å². The van der Waals surface area contributed by atoms with Gasteiger partial charge in [0.1, 0.15) is 6.29 Å². The van der Waals surface area contributed by atoms with Crippen LogP contribution in [0.5, 0.6) is 0 Å². The topological polar surface area (TPSA) is 20.3 Å². The first-order valence-corrected chi connectivity index (χ1v) is 9.25. The maximum atomic E-state index is 12.9. The standard InChI is InChI=1S/C17H19F3INOS/c1-2-3-4-5-6-7-8-9-24-22(21)16-11-14(13-23)10-15(12-16)17(18,19)20/h2-5,7-8,11-13,15H,6,9-10H2,1H3/b3-2-,5-4-,8-7+. The Morgan fingerprint density at radius 1 is 1.33 bits per heavy atom. The molecule has 0 radical (unpaired) electrons. The fraction of sp³-hybridized carbons (Fsp3) is 0.353. The van der Waals surface area contributed by atoms with E-state index in [4.69, 9.17) is 0 Å². The van der Waals surface area contributed by atoms with Crippen molar-refractivity contribution in [2.24, 2.45) is 5.92 Å². The van der Waals surface area contributed by atoms with Gasteiger partial charge in [-0.25, -0.2) is 0 Å². The third kappa shape index (κ3) is 7.74. The van der Waals surface area contributed by atoms with Crippen LogP contribution < -0.4 is 0 Å². The fourth-order valence-electron chi connectivity index (χ4n) is 1.91. The number of aldehydes is 1. The molecule has 0 spiro atoms. The Balaban J connectivity index is 2.57. The van der Waals surface area contributed by atoms with E-state index in [1.807, 2.05) is 66.2 Å². The van der Waals surface area contributed by atoms with Crippen LogP contribution in [0.25, 0.3) is 0 Å². The lowest BCUT2D eigenvalue weighted by Gasteiger charge is -2.25. The average Bonchev–Trinajstić information content (AvgIpc) is 2.55. The molecule has 0 saturated carbocycles. The monoisotopic (exact) mass is 469 g/mol. The van der Waals surface area contributed by atoms with Crippen molar-refractivity contribution < 1.29 is 18.0 Å². The molecule has 0 aromatic heterocycles. The minimum atomic E-state index is -4.34.